The number of benzene rings is 2. The Kier molecular flexibility index (Phi) is 7.01. The molecule has 1 aromatic heterocycles. The van der Waals surface area contributed by atoms with Crippen LogP contribution in [0.15, 0.2) is 52.2 Å². The maximum absolute atomic E-state index is 13.8. The summed E-state index contributed by atoms with van der Waals surface area (Å²) in [5, 5.41) is 0.506. The first-order valence-electron chi connectivity index (χ1n) is 12.2. The van der Waals surface area contributed by atoms with E-state index < -0.39 is 6.04 Å². The molecule has 1 aliphatic heterocycles. The number of hydrogen-bond donors (Lipinski definition) is 0. The minimum Gasteiger partial charge on any atom is -0.490 e. The summed E-state index contributed by atoms with van der Waals surface area (Å²) >= 11 is 0. The number of aryl methyl sites for hydroxylation is 2. The fourth-order valence-electron chi connectivity index (χ4n) is 4.67. The molecule has 0 bridgehead atoms. The van der Waals surface area contributed by atoms with Gasteiger partial charge in [0.2, 0.25) is 5.76 Å². The van der Waals surface area contributed by atoms with Gasteiger partial charge in [-0.1, -0.05) is 32.1 Å². The summed E-state index contributed by atoms with van der Waals surface area (Å²) in [5.74, 6) is 1.53. The minimum absolute atomic E-state index is 0.0922. The Morgan fingerprint density at radius 1 is 1.11 bits per heavy atom. The Bertz CT molecular complexity index is 1340. The van der Waals surface area contributed by atoms with Gasteiger partial charge >= 0.3 is 0 Å². The number of carbonyl (C=O) groups excluding carboxylic acids is 1. The molecule has 4 rings (SSSR count). The maximum Gasteiger partial charge on any atom is 0.291 e. The van der Waals surface area contributed by atoms with E-state index in [-0.39, 0.29) is 23.6 Å². The Hall–Kier alpha value is -3.54. The van der Waals surface area contributed by atoms with Crippen LogP contribution in [-0.4, -0.2) is 30.6 Å². The monoisotopic (exact) mass is 475 g/mol. The standard InChI is InChI=1S/C29H33NO5/c1-7-12-30-26(20-9-10-21(22(16-20)33-8-2)34-13-11-17(3)4)25-27(31)24-19(6)14-18(5)15-23(24)35-28(25)29(30)32/h7,9-10,14-17,26H,1,8,11-13H2,2-6H3. The van der Waals surface area contributed by atoms with E-state index in [9.17, 15) is 9.59 Å². The topological polar surface area (TPSA) is 69.0 Å². The highest BCUT2D eigenvalue weighted by atomic mass is 16.5. The number of rotatable bonds is 9. The van der Waals surface area contributed by atoms with Crippen LogP contribution >= 0.6 is 0 Å². The lowest BCUT2D eigenvalue weighted by Gasteiger charge is -2.24. The van der Waals surface area contributed by atoms with Crippen molar-refractivity contribution in [3.8, 4) is 11.5 Å². The van der Waals surface area contributed by atoms with Crippen LogP contribution in [0.25, 0.3) is 11.0 Å². The molecule has 0 spiro atoms. The first kappa shape index (κ1) is 24.6. The number of fused-ring (bicyclic) bond motifs is 2. The molecule has 1 aliphatic rings. The van der Waals surface area contributed by atoms with Crippen LogP contribution < -0.4 is 14.9 Å². The van der Waals surface area contributed by atoms with Crippen LogP contribution in [-0.2, 0) is 0 Å². The smallest absolute Gasteiger partial charge is 0.291 e. The molecule has 1 atom stereocenters. The van der Waals surface area contributed by atoms with Gasteiger partial charge < -0.3 is 18.8 Å². The van der Waals surface area contributed by atoms with Crippen molar-refractivity contribution in [3.05, 3.63) is 81.2 Å². The van der Waals surface area contributed by atoms with Crippen molar-refractivity contribution in [2.75, 3.05) is 19.8 Å². The van der Waals surface area contributed by atoms with Gasteiger partial charge in [0, 0.05) is 6.54 Å². The highest BCUT2D eigenvalue weighted by Crippen LogP contribution is 2.41. The van der Waals surface area contributed by atoms with Gasteiger partial charge in [0.25, 0.3) is 5.91 Å². The van der Waals surface area contributed by atoms with Crippen molar-refractivity contribution in [2.45, 2.75) is 47.1 Å². The van der Waals surface area contributed by atoms with Crippen molar-refractivity contribution in [1.82, 2.24) is 4.90 Å². The summed E-state index contributed by atoms with van der Waals surface area (Å²) in [7, 11) is 0. The summed E-state index contributed by atoms with van der Waals surface area (Å²) in [6.07, 6.45) is 2.58. The molecule has 3 aromatic rings. The molecule has 0 N–H and O–H groups in total. The molecule has 1 amide bonds. The molecule has 0 saturated heterocycles. The van der Waals surface area contributed by atoms with Crippen LogP contribution in [0.3, 0.4) is 0 Å². The van der Waals surface area contributed by atoms with E-state index in [4.69, 9.17) is 13.9 Å². The number of hydrogen-bond acceptors (Lipinski definition) is 5. The molecule has 35 heavy (non-hydrogen) atoms. The van der Waals surface area contributed by atoms with Crippen molar-refractivity contribution in [1.29, 1.82) is 0 Å². The number of nitrogens with zero attached hydrogens (tertiary/aromatic N) is 1. The summed E-state index contributed by atoms with van der Waals surface area (Å²) < 4.78 is 18.0. The number of carbonyl (C=O) groups is 1. The third-order valence-electron chi connectivity index (χ3n) is 6.27. The largest absolute Gasteiger partial charge is 0.490 e. The summed E-state index contributed by atoms with van der Waals surface area (Å²) in [6.45, 7) is 15.2. The van der Waals surface area contributed by atoms with Crippen LogP contribution in [0.2, 0.25) is 0 Å². The summed E-state index contributed by atoms with van der Waals surface area (Å²) in [5.41, 5.74) is 3.16. The van der Waals surface area contributed by atoms with Gasteiger partial charge in [-0.3, -0.25) is 9.59 Å². The van der Waals surface area contributed by atoms with E-state index in [1.165, 1.54) is 0 Å². The average molecular weight is 476 g/mol. The number of amides is 1. The molecule has 0 aliphatic carbocycles. The third-order valence-corrected chi connectivity index (χ3v) is 6.27. The van der Waals surface area contributed by atoms with E-state index in [1.807, 2.05) is 45.0 Å². The lowest BCUT2D eigenvalue weighted by Crippen LogP contribution is -2.29. The minimum atomic E-state index is -0.610. The molecule has 6 heteroatoms. The fraction of sp³-hybridized carbons (Fsp3) is 0.379. The molecule has 2 aromatic carbocycles. The zero-order chi connectivity index (χ0) is 25.3. The van der Waals surface area contributed by atoms with Gasteiger partial charge in [-0.15, -0.1) is 6.58 Å². The normalized spacial score (nSPS) is 15.1. The van der Waals surface area contributed by atoms with E-state index in [0.717, 1.165) is 23.1 Å². The maximum atomic E-state index is 13.8. The summed E-state index contributed by atoms with van der Waals surface area (Å²) in [4.78, 5) is 28.8. The predicted octanol–water partition coefficient (Wildman–Crippen LogP) is 5.96. The van der Waals surface area contributed by atoms with Crippen LogP contribution in [0, 0.1) is 19.8 Å². The van der Waals surface area contributed by atoms with Gasteiger partial charge in [0.1, 0.15) is 5.58 Å². The SMILES string of the molecule is C=CCN1C(=O)c2oc3cc(C)cc(C)c3c(=O)c2C1c1ccc(OCCC(C)C)c(OCC)c1. The highest BCUT2D eigenvalue weighted by Gasteiger charge is 2.42. The number of ether oxygens (including phenoxy) is 2. The fourth-order valence-corrected chi connectivity index (χ4v) is 4.67. The Balaban J connectivity index is 1.87. The van der Waals surface area contributed by atoms with Gasteiger partial charge in [-0.05, 0) is 68.0 Å². The van der Waals surface area contributed by atoms with Gasteiger partial charge in [-0.2, -0.15) is 0 Å². The van der Waals surface area contributed by atoms with E-state index in [2.05, 4.69) is 20.4 Å². The quantitative estimate of drug-likeness (QED) is 0.357. The zero-order valence-corrected chi connectivity index (χ0v) is 21.1. The predicted molar refractivity (Wildman–Crippen MR) is 138 cm³/mol. The van der Waals surface area contributed by atoms with Gasteiger partial charge in [0.15, 0.2) is 16.9 Å². The van der Waals surface area contributed by atoms with Crippen LogP contribution in [0.1, 0.15) is 66.0 Å². The lowest BCUT2D eigenvalue weighted by atomic mass is 9.96. The highest BCUT2D eigenvalue weighted by molar-refractivity contribution is 5.99. The lowest BCUT2D eigenvalue weighted by molar-refractivity contribution is 0.0748. The second-order valence-corrected chi connectivity index (χ2v) is 9.45. The Labute approximate surface area is 206 Å². The molecule has 2 heterocycles. The Morgan fingerprint density at radius 2 is 1.89 bits per heavy atom. The first-order valence-corrected chi connectivity index (χ1v) is 12.2. The molecule has 1 unspecified atom stereocenters. The second-order valence-electron chi connectivity index (χ2n) is 9.45. The second kappa shape index (κ2) is 9.98. The Morgan fingerprint density at radius 3 is 2.57 bits per heavy atom. The molecule has 0 radical (unpaired) electrons. The van der Waals surface area contributed by atoms with E-state index >= 15 is 0 Å². The van der Waals surface area contributed by atoms with Gasteiger partial charge in [0.05, 0.1) is 30.2 Å². The van der Waals surface area contributed by atoms with E-state index in [1.54, 1.807) is 17.0 Å². The molecule has 184 valence electrons. The molecular formula is C29H33NO5. The van der Waals surface area contributed by atoms with Crippen molar-refractivity contribution >= 4 is 16.9 Å². The van der Waals surface area contributed by atoms with Crippen molar-refractivity contribution in [2.24, 2.45) is 5.92 Å². The molecule has 0 saturated carbocycles. The van der Waals surface area contributed by atoms with Crippen molar-refractivity contribution < 1.29 is 18.7 Å². The third kappa shape index (κ3) is 4.57. The zero-order valence-electron chi connectivity index (χ0n) is 21.1. The molecule has 0 fully saturated rings. The van der Waals surface area contributed by atoms with Crippen LogP contribution in [0.5, 0.6) is 11.5 Å². The summed E-state index contributed by atoms with van der Waals surface area (Å²) in [6, 6.07) is 8.76. The molecular weight excluding hydrogens is 442 g/mol. The van der Waals surface area contributed by atoms with E-state index in [0.29, 0.717) is 47.2 Å². The molecule has 6 nitrogen and oxygen atoms in total. The van der Waals surface area contributed by atoms with Crippen LogP contribution in [0.4, 0.5) is 0 Å². The first-order chi connectivity index (χ1) is 16.8. The average Bonchev–Trinajstić information content (AvgIpc) is 3.06. The van der Waals surface area contributed by atoms with Crippen molar-refractivity contribution in [3.63, 3.8) is 0 Å². The van der Waals surface area contributed by atoms with Gasteiger partial charge in [-0.25, -0.2) is 0 Å².